The summed E-state index contributed by atoms with van der Waals surface area (Å²) < 4.78 is 6.96. The van der Waals surface area contributed by atoms with Gasteiger partial charge in [0.05, 0.1) is 30.1 Å². The maximum atomic E-state index is 13.3. The molecule has 0 unspecified atom stereocenters. The molecule has 0 saturated carbocycles. The Morgan fingerprint density at radius 2 is 1.88 bits per heavy atom. The fraction of sp³-hybridized carbons (Fsp3) is 0.130. The van der Waals surface area contributed by atoms with Gasteiger partial charge >= 0.3 is 5.97 Å². The van der Waals surface area contributed by atoms with Crippen molar-refractivity contribution in [2.75, 3.05) is 12.4 Å². The zero-order valence-electron chi connectivity index (χ0n) is 17.2. The van der Waals surface area contributed by atoms with Crippen molar-refractivity contribution in [3.63, 3.8) is 0 Å². The number of para-hydroxylation sites is 1. The van der Waals surface area contributed by atoms with Crippen LogP contribution in [0.2, 0.25) is 0 Å². The van der Waals surface area contributed by atoms with Gasteiger partial charge in [-0.2, -0.15) is 0 Å². The molecule has 0 saturated heterocycles. The minimum absolute atomic E-state index is 0.232. The summed E-state index contributed by atoms with van der Waals surface area (Å²) in [6, 6.07) is 14.2. The van der Waals surface area contributed by atoms with Gasteiger partial charge in [-0.1, -0.05) is 40.2 Å². The molecule has 4 rings (SSSR count). The number of aromatic nitrogens is 2. The van der Waals surface area contributed by atoms with E-state index in [9.17, 15) is 14.4 Å². The highest BCUT2D eigenvalue weighted by Gasteiger charge is 2.19. The second-order valence-corrected chi connectivity index (χ2v) is 9.10. The van der Waals surface area contributed by atoms with Crippen LogP contribution in [0.4, 0.5) is 5.69 Å². The number of esters is 1. The molecule has 2 aromatic heterocycles. The molecular formula is C23H18BrN3O4S. The summed E-state index contributed by atoms with van der Waals surface area (Å²) in [7, 11) is 1.27. The Bertz CT molecular complexity index is 1390. The molecule has 0 aliphatic carbocycles. The highest BCUT2D eigenvalue weighted by Crippen LogP contribution is 2.35. The second-order valence-electron chi connectivity index (χ2n) is 6.98. The van der Waals surface area contributed by atoms with Crippen LogP contribution in [0.25, 0.3) is 21.3 Å². The third-order valence-corrected chi connectivity index (χ3v) is 6.45. The van der Waals surface area contributed by atoms with E-state index >= 15 is 0 Å². The Kier molecular flexibility index (Phi) is 6.20. The molecule has 9 heteroatoms. The summed E-state index contributed by atoms with van der Waals surface area (Å²) >= 11 is 4.87. The van der Waals surface area contributed by atoms with Gasteiger partial charge in [0.1, 0.15) is 11.4 Å². The van der Waals surface area contributed by atoms with Gasteiger partial charge in [-0.05, 0) is 36.8 Å². The third-order valence-electron chi connectivity index (χ3n) is 4.91. The molecule has 0 bridgehead atoms. The van der Waals surface area contributed by atoms with Crippen molar-refractivity contribution in [1.82, 2.24) is 9.55 Å². The average Bonchev–Trinajstić information content (AvgIpc) is 3.13. The number of aryl methyl sites for hydroxylation is 1. The van der Waals surface area contributed by atoms with Crippen molar-refractivity contribution in [3.05, 3.63) is 80.1 Å². The van der Waals surface area contributed by atoms with Crippen molar-refractivity contribution in [3.8, 4) is 11.1 Å². The van der Waals surface area contributed by atoms with Gasteiger partial charge in [0.25, 0.3) is 5.56 Å². The molecule has 0 atom stereocenters. The van der Waals surface area contributed by atoms with Crippen LogP contribution in [0.1, 0.15) is 15.2 Å². The first-order valence-electron chi connectivity index (χ1n) is 9.60. The fourth-order valence-corrected chi connectivity index (χ4v) is 4.71. The molecule has 0 spiro atoms. The van der Waals surface area contributed by atoms with Crippen molar-refractivity contribution in [2.45, 2.75) is 13.5 Å². The lowest BCUT2D eigenvalue weighted by Gasteiger charge is -2.11. The lowest BCUT2D eigenvalue weighted by molar-refractivity contribution is -0.116. The number of nitrogens with zero attached hydrogens (tertiary/aromatic N) is 2. The minimum Gasteiger partial charge on any atom is -0.465 e. The minimum atomic E-state index is -0.561. The number of rotatable bonds is 5. The van der Waals surface area contributed by atoms with Crippen LogP contribution in [0.5, 0.6) is 0 Å². The fourth-order valence-electron chi connectivity index (χ4n) is 3.44. The largest absolute Gasteiger partial charge is 0.465 e. The Balaban J connectivity index is 1.68. The number of halogens is 1. The predicted octanol–water partition coefficient (Wildman–Crippen LogP) is 4.62. The van der Waals surface area contributed by atoms with Gasteiger partial charge in [0, 0.05) is 14.9 Å². The summed E-state index contributed by atoms with van der Waals surface area (Å²) in [6.07, 6.45) is 1.37. The van der Waals surface area contributed by atoms with Crippen molar-refractivity contribution >= 4 is 55.0 Å². The SMILES string of the molecule is COC(=O)c1ccccc1NC(=O)Cn1cnc2sc(C)c(-c3ccc(Br)cc3)c2c1=O. The standard InChI is InChI=1S/C23H18BrN3O4S/c1-13-19(14-7-9-15(24)10-8-14)20-21(32-13)25-12-27(22(20)29)11-18(28)26-17-6-4-3-5-16(17)23(30)31-2/h3-10,12H,11H2,1-2H3,(H,26,28). The molecule has 4 aromatic rings. The topological polar surface area (TPSA) is 90.3 Å². The van der Waals surface area contributed by atoms with E-state index in [1.165, 1.54) is 29.3 Å². The number of carbonyl (C=O) groups excluding carboxylic acids is 2. The quantitative estimate of drug-likeness (QED) is 0.394. The van der Waals surface area contributed by atoms with Crippen LogP contribution in [-0.4, -0.2) is 28.5 Å². The first-order chi connectivity index (χ1) is 15.4. The normalized spacial score (nSPS) is 10.8. The summed E-state index contributed by atoms with van der Waals surface area (Å²) in [6.45, 7) is 1.70. The summed E-state index contributed by atoms with van der Waals surface area (Å²) in [5, 5.41) is 3.16. The van der Waals surface area contributed by atoms with Crippen molar-refractivity contribution < 1.29 is 14.3 Å². The van der Waals surface area contributed by atoms with E-state index in [4.69, 9.17) is 4.74 Å². The number of fused-ring (bicyclic) bond motifs is 1. The van der Waals surface area contributed by atoms with E-state index in [-0.39, 0.29) is 17.7 Å². The Hall–Kier alpha value is -3.30. The van der Waals surface area contributed by atoms with E-state index in [1.807, 2.05) is 31.2 Å². The number of hydrogen-bond donors (Lipinski definition) is 1. The van der Waals surface area contributed by atoms with E-state index in [0.29, 0.717) is 15.9 Å². The third kappa shape index (κ3) is 4.21. The first-order valence-corrected chi connectivity index (χ1v) is 11.2. The zero-order chi connectivity index (χ0) is 22.8. The summed E-state index contributed by atoms with van der Waals surface area (Å²) in [5.74, 6) is -1.02. The summed E-state index contributed by atoms with van der Waals surface area (Å²) in [4.78, 5) is 43.9. The van der Waals surface area contributed by atoms with Gasteiger partial charge in [0.15, 0.2) is 0 Å². The van der Waals surface area contributed by atoms with Crippen LogP contribution >= 0.6 is 27.3 Å². The smallest absolute Gasteiger partial charge is 0.339 e. The van der Waals surface area contributed by atoms with E-state index in [0.717, 1.165) is 20.5 Å². The molecule has 1 amide bonds. The van der Waals surface area contributed by atoms with Gasteiger partial charge in [0.2, 0.25) is 5.91 Å². The Morgan fingerprint density at radius 1 is 1.16 bits per heavy atom. The van der Waals surface area contributed by atoms with Gasteiger partial charge in [-0.25, -0.2) is 9.78 Å². The highest BCUT2D eigenvalue weighted by molar-refractivity contribution is 9.10. The molecule has 0 aliphatic rings. The molecule has 32 heavy (non-hydrogen) atoms. The van der Waals surface area contributed by atoms with Crippen LogP contribution in [0, 0.1) is 6.92 Å². The summed E-state index contributed by atoms with van der Waals surface area (Å²) in [5.41, 5.74) is 1.98. The predicted molar refractivity (Wildman–Crippen MR) is 128 cm³/mol. The number of amides is 1. The van der Waals surface area contributed by atoms with Gasteiger partial charge in [-0.3, -0.25) is 14.2 Å². The van der Waals surface area contributed by atoms with Crippen LogP contribution in [0.3, 0.4) is 0 Å². The molecule has 0 fully saturated rings. The molecule has 2 aromatic carbocycles. The number of hydrogen-bond acceptors (Lipinski definition) is 6. The molecular weight excluding hydrogens is 494 g/mol. The van der Waals surface area contributed by atoms with Crippen LogP contribution < -0.4 is 10.9 Å². The first kappa shape index (κ1) is 21.9. The van der Waals surface area contributed by atoms with E-state index in [1.54, 1.807) is 24.3 Å². The van der Waals surface area contributed by atoms with E-state index in [2.05, 4.69) is 26.2 Å². The number of carbonyl (C=O) groups is 2. The lowest BCUT2D eigenvalue weighted by Crippen LogP contribution is -2.28. The van der Waals surface area contributed by atoms with Gasteiger partial charge in [-0.15, -0.1) is 11.3 Å². The van der Waals surface area contributed by atoms with Crippen LogP contribution in [0.15, 0.2) is 64.1 Å². The lowest BCUT2D eigenvalue weighted by atomic mass is 10.0. The number of nitrogens with one attached hydrogen (secondary N) is 1. The number of benzene rings is 2. The molecule has 0 radical (unpaired) electrons. The molecule has 1 N–H and O–H groups in total. The maximum Gasteiger partial charge on any atom is 0.339 e. The molecule has 7 nitrogen and oxygen atoms in total. The number of anilines is 1. The van der Waals surface area contributed by atoms with E-state index < -0.39 is 11.9 Å². The Morgan fingerprint density at radius 3 is 2.59 bits per heavy atom. The van der Waals surface area contributed by atoms with Gasteiger partial charge < -0.3 is 10.1 Å². The average molecular weight is 512 g/mol. The number of methoxy groups -OCH3 is 1. The number of ether oxygens (including phenoxy) is 1. The van der Waals surface area contributed by atoms with Crippen molar-refractivity contribution in [1.29, 1.82) is 0 Å². The second kappa shape index (κ2) is 9.05. The van der Waals surface area contributed by atoms with Crippen molar-refractivity contribution in [2.24, 2.45) is 0 Å². The monoisotopic (exact) mass is 511 g/mol. The molecule has 162 valence electrons. The Labute approximate surface area is 195 Å². The molecule has 0 aliphatic heterocycles. The molecule has 2 heterocycles. The zero-order valence-corrected chi connectivity index (χ0v) is 19.6. The number of thiophene rings is 1. The maximum absolute atomic E-state index is 13.3. The van der Waals surface area contributed by atoms with Crippen LogP contribution in [-0.2, 0) is 16.1 Å². The highest BCUT2D eigenvalue weighted by atomic mass is 79.9.